The molecule has 1 N–H and O–H groups in total. The first-order valence-electron chi connectivity index (χ1n) is 7.04. The molecule has 0 fully saturated rings. The van der Waals surface area contributed by atoms with Gasteiger partial charge in [-0.15, -0.1) is 23.1 Å². The summed E-state index contributed by atoms with van der Waals surface area (Å²) in [5.74, 6) is -0.196. The summed E-state index contributed by atoms with van der Waals surface area (Å²) in [7, 11) is 1.75. The standard InChI is InChI=1S/C16H16BrFN2O2S2/c1-20(7-14-6-11(17)8-24-14)16(22)10-23-9-15(21)19-13-4-2-12(18)3-5-13/h2-6,8H,7,9-10H2,1H3,(H,19,21). The maximum Gasteiger partial charge on any atom is 0.234 e. The fourth-order valence-corrected chi connectivity index (χ4v) is 4.09. The molecule has 0 unspecified atom stereocenters. The normalized spacial score (nSPS) is 10.5. The topological polar surface area (TPSA) is 49.4 Å². The lowest BCUT2D eigenvalue weighted by Gasteiger charge is -2.15. The minimum Gasteiger partial charge on any atom is -0.340 e. The fraction of sp³-hybridized carbons (Fsp3) is 0.250. The van der Waals surface area contributed by atoms with Gasteiger partial charge in [-0.3, -0.25) is 9.59 Å². The Morgan fingerprint density at radius 2 is 2.00 bits per heavy atom. The summed E-state index contributed by atoms with van der Waals surface area (Å²) < 4.78 is 13.8. The number of hydrogen-bond acceptors (Lipinski definition) is 4. The summed E-state index contributed by atoms with van der Waals surface area (Å²) in [6.45, 7) is 0.553. The van der Waals surface area contributed by atoms with Crippen molar-refractivity contribution in [3.05, 3.63) is 50.9 Å². The Bertz CT molecular complexity index is 706. The van der Waals surface area contributed by atoms with Gasteiger partial charge < -0.3 is 10.2 Å². The molecule has 0 saturated heterocycles. The molecule has 0 atom stereocenters. The number of amides is 2. The first kappa shape index (κ1) is 19.0. The van der Waals surface area contributed by atoms with Crippen molar-refractivity contribution >= 4 is 56.5 Å². The number of benzene rings is 1. The number of halogens is 2. The van der Waals surface area contributed by atoms with E-state index in [1.54, 1.807) is 23.3 Å². The number of thioether (sulfide) groups is 1. The van der Waals surface area contributed by atoms with Gasteiger partial charge in [0.1, 0.15) is 5.82 Å². The lowest BCUT2D eigenvalue weighted by atomic mass is 10.3. The van der Waals surface area contributed by atoms with E-state index >= 15 is 0 Å². The summed E-state index contributed by atoms with van der Waals surface area (Å²) in [6, 6.07) is 7.54. The van der Waals surface area contributed by atoms with E-state index in [0.717, 1.165) is 9.35 Å². The maximum absolute atomic E-state index is 12.8. The smallest absolute Gasteiger partial charge is 0.234 e. The van der Waals surface area contributed by atoms with Crippen LogP contribution in [0.4, 0.5) is 10.1 Å². The van der Waals surface area contributed by atoms with Gasteiger partial charge >= 0.3 is 0 Å². The molecular formula is C16H16BrFN2O2S2. The van der Waals surface area contributed by atoms with Crippen molar-refractivity contribution in [1.82, 2.24) is 4.90 Å². The van der Waals surface area contributed by atoms with E-state index in [0.29, 0.717) is 12.2 Å². The summed E-state index contributed by atoms with van der Waals surface area (Å²) in [5, 5.41) is 4.63. The van der Waals surface area contributed by atoms with Crippen molar-refractivity contribution in [2.45, 2.75) is 6.54 Å². The predicted octanol–water partition coefficient (Wildman–Crippen LogP) is 3.98. The summed E-state index contributed by atoms with van der Waals surface area (Å²) in [5.41, 5.74) is 0.536. The summed E-state index contributed by atoms with van der Waals surface area (Å²) in [4.78, 5) is 26.6. The van der Waals surface area contributed by atoms with E-state index in [4.69, 9.17) is 0 Å². The van der Waals surface area contributed by atoms with Crippen molar-refractivity contribution in [3.8, 4) is 0 Å². The molecule has 1 aromatic heterocycles. The molecule has 2 aromatic rings. The lowest BCUT2D eigenvalue weighted by Crippen LogP contribution is -2.28. The number of nitrogens with one attached hydrogen (secondary N) is 1. The molecule has 4 nitrogen and oxygen atoms in total. The van der Waals surface area contributed by atoms with Crippen molar-refractivity contribution in [2.75, 3.05) is 23.9 Å². The molecule has 2 rings (SSSR count). The van der Waals surface area contributed by atoms with Crippen LogP contribution < -0.4 is 5.32 Å². The largest absolute Gasteiger partial charge is 0.340 e. The van der Waals surface area contributed by atoms with Crippen LogP contribution in [0.5, 0.6) is 0 Å². The highest BCUT2D eigenvalue weighted by Crippen LogP contribution is 2.21. The second-order valence-corrected chi connectivity index (χ2v) is 7.93. The highest BCUT2D eigenvalue weighted by Gasteiger charge is 2.12. The average Bonchev–Trinajstić information content (AvgIpc) is 2.94. The average molecular weight is 431 g/mol. The Labute approximate surface area is 156 Å². The Balaban J connectivity index is 1.69. The van der Waals surface area contributed by atoms with Gasteiger partial charge in [0.15, 0.2) is 0 Å². The van der Waals surface area contributed by atoms with Gasteiger partial charge in [-0.25, -0.2) is 4.39 Å². The lowest BCUT2D eigenvalue weighted by molar-refractivity contribution is -0.127. The molecule has 0 spiro atoms. The van der Waals surface area contributed by atoms with Gasteiger partial charge in [-0.05, 0) is 46.3 Å². The van der Waals surface area contributed by atoms with Crippen molar-refractivity contribution in [1.29, 1.82) is 0 Å². The number of carbonyl (C=O) groups is 2. The number of nitrogens with zero attached hydrogens (tertiary/aromatic N) is 1. The van der Waals surface area contributed by atoms with E-state index in [2.05, 4.69) is 21.2 Å². The summed E-state index contributed by atoms with van der Waals surface area (Å²) in [6.07, 6.45) is 0. The number of anilines is 1. The molecule has 0 aliphatic carbocycles. The third-order valence-corrected chi connectivity index (χ3v) is 5.63. The van der Waals surface area contributed by atoms with Gasteiger partial charge in [0.2, 0.25) is 11.8 Å². The van der Waals surface area contributed by atoms with Gasteiger partial charge in [0, 0.05) is 27.5 Å². The van der Waals surface area contributed by atoms with Gasteiger partial charge in [-0.2, -0.15) is 0 Å². The maximum atomic E-state index is 12.8. The molecule has 24 heavy (non-hydrogen) atoms. The van der Waals surface area contributed by atoms with Gasteiger partial charge in [-0.1, -0.05) is 0 Å². The first-order chi connectivity index (χ1) is 11.4. The molecule has 0 bridgehead atoms. The molecule has 2 amide bonds. The second kappa shape index (κ2) is 9.19. The van der Waals surface area contributed by atoms with E-state index < -0.39 is 0 Å². The molecule has 0 aliphatic heterocycles. The number of thiophene rings is 1. The Morgan fingerprint density at radius 1 is 1.29 bits per heavy atom. The molecule has 1 aromatic carbocycles. The quantitative estimate of drug-likeness (QED) is 0.722. The van der Waals surface area contributed by atoms with E-state index in [1.807, 2.05) is 11.4 Å². The zero-order valence-corrected chi connectivity index (χ0v) is 16.1. The first-order valence-corrected chi connectivity index (χ1v) is 9.87. The Morgan fingerprint density at radius 3 is 2.62 bits per heavy atom. The Hall–Kier alpha value is -1.38. The van der Waals surface area contributed by atoms with Crippen LogP contribution in [0.2, 0.25) is 0 Å². The van der Waals surface area contributed by atoms with Crippen LogP contribution in [0.3, 0.4) is 0 Å². The molecular weight excluding hydrogens is 415 g/mol. The van der Waals surface area contributed by atoms with Crippen LogP contribution in [0, 0.1) is 5.82 Å². The summed E-state index contributed by atoms with van der Waals surface area (Å²) >= 11 is 6.23. The minimum absolute atomic E-state index is 0.0286. The van der Waals surface area contributed by atoms with Crippen LogP contribution in [-0.2, 0) is 16.1 Å². The number of hydrogen-bond donors (Lipinski definition) is 1. The van der Waals surface area contributed by atoms with E-state index in [-0.39, 0.29) is 29.1 Å². The van der Waals surface area contributed by atoms with Crippen LogP contribution in [0.25, 0.3) is 0 Å². The second-order valence-electron chi connectivity index (χ2n) is 5.03. The van der Waals surface area contributed by atoms with Crippen LogP contribution in [-0.4, -0.2) is 35.3 Å². The highest BCUT2D eigenvalue weighted by atomic mass is 79.9. The monoisotopic (exact) mass is 430 g/mol. The highest BCUT2D eigenvalue weighted by molar-refractivity contribution is 9.10. The minimum atomic E-state index is -0.353. The molecule has 8 heteroatoms. The fourth-order valence-electron chi connectivity index (χ4n) is 1.83. The zero-order valence-electron chi connectivity index (χ0n) is 12.9. The van der Waals surface area contributed by atoms with Crippen LogP contribution in [0.15, 0.2) is 40.2 Å². The van der Waals surface area contributed by atoms with Crippen LogP contribution >= 0.6 is 39.0 Å². The van der Waals surface area contributed by atoms with E-state index in [9.17, 15) is 14.0 Å². The van der Waals surface area contributed by atoms with Crippen molar-refractivity contribution in [3.63, 3.8) is 0 Å². The van der Waals surface area contributed by atoms with Gasteiger partial charge in [0.05, 0.1) is 18.1 Å². The third kappa shape index (κ3) is 6.26. The third-order valence-electron chi connectivity index (χ3n) is 3.03. The molecule has 1 heterocycles. The predicted molar refractivity (Wildman–Crippen MR) is 101 cm³/mol. The van der Waals surface area contributed by atoms with Crippen molar-refractivity contribution < 1.29 is 14.0 Å². The van der Waals surface area contributed by atoms with E-state index in [1.165, 1.54) is 36.0 Å². The van der Waals surface area contributed by atoms with Gasteiger partial charge in [0.25, 0.3) is 0 Å². The SMILES string of the molecule is CN(Cc1cc(Br)cs1)C(=O)CSCC(=O)Nc1ccc(F)cc1. The van der Waals surface area contributed by atoms with Crippen molar-refractivity contribution in [2.24, 2.45) is 0 Å². The zero-order chi connectivity index (χ0) is 17.5. The molecule has 128 valence electrons. The number of rotatable bonds is 7. The molecule has 0 aliphatic rings. The number of carbonyl (C=O) groups excluding carboxylic acids is 2. The van der Waals surface area contributed by atoms with Crippen LogP contribution in [0.1, 0.15) is 4.88 Å². The Kier molecular flexibility index (Phi) is 7.26. The molecule has 0 radical (unpaired) electrons. The molecule has 0 saturated carbocycles.